The van der Waals surface area contributed by atoms with E-state index < -0.39 is 0 Å². The first-order valence-electron chi connectivity index (χ1n) is 8.55. The van der Waals surface area contributed by atoms with Gasteiger partial charge in [-0.3, -0.25) is 4.79 Å². The summed E-state index contributed by atoms with van der Waals surface area (Å²) < 4.78 is 10.4. The van der Waals surface area contributed by atoms with Gasteiger partial charge in [0.15, 0.2) is 5.76 Å². The zero-order valence-electron chi connectivity index (χ0n) is 14.4. The van der Waals surface area contributed by atoms with E-state index in [0.29, 0.717) is 30.3 Å². The first-order valence-corrected chi connectivity index (χ1v) is 8.55. The molecule has 0 unspecified atom stereocenters. The van der Waals surface area contributed by atoms with Crippen LogP contribution >= 0.6 is 12.4 Å². The molecule has 1 aliphatic rings. The number of hydrogen-bond donors (Lipinski definition) is 1. The molecule has 0 bridgehead atoms. The first-order chi connectivity index (χ1) is 11.8. The summed E-state index contributed by atoms with van der Waals surface area (Å²) in [5.41, 5.74) is 0. The second-order valence-corrected chi connectivity index (χ2v) is 6.21. The van der Waals surface area contributed by atoms with Crippen LogP contribution in [0.15, 0.2) is 27.3 Å². The molecule has 0 radical (unpaired) electrons. The molecule has 2 aromatic rings. The van der Waals surface area contributed by atoms with Crippen LogP contribution in [-0.2, 0) is 11.2 Å². The molecule has 138 valence electrons. The van der Waals surface area contributed by atoms with E-state index in [4.69, 9.17) is 8.94 Å². The Morgan fingerprint density at radius 1 is 1.40 bits per heavy atom. The fraction of sp³-hybridized carbons (Fsp3) is 0.588. The van der Waals surface area contributed by atoms with Crippen molar-refractivity contribution in [1.82, 2.24) is 20.4 Å². The minimum atomic E-state index is 0. The lowest BCUT2D eigenvalue weighted by Crippen LogP contribution is -2.39. The van der Waals surface area contributed by atoms with Crippen molar-refractivity contribution in [2.75, 3.05) is 26.7 Å². The van der Waals surface area contributed by atoms with E-state index in [9.17, 15) is 4.79 Å². The third-order valence-corrected chi connectivity index (χ3v) is 4.53. The van der Waals surface area contributed by atoms with E-state index in [-0.39, 0.29) is 18.3 Å². The van der Waals surface area contributed by atoms with Crippen LogP contribution in [0.4, 0.5) is 0 Å². The Bertz CT molecular complexity index is 636. The number of aromatic nitrogens is 2. The van der Waals surface area contributed by atoms with Gasteiger partial charge in [0.2, 0.25) is 17.6 Å². The number of furan rings is 1. The third kappa shape index (κ3) is 5.31. The number of amides is 1. The average molecular weight is 369 g/mol. The summed E-state index contributed by atoms with van der Waals surface area (Å²) in [6.07, 6.45) is 5.81. The Balaban J connectivity index is 0.00000225. The van der Waals surface area contributed by atoms with E-state index in [1.54, 1.807) is 18.4 Å². The highest BCUT2D eigenvalue weighted by atomic mass is 35.5. The summed E-state index contributed by atoms with van der Waals surface area (Å²) in [6.45, 7) is 2.76. The Labute approximate surface area is 153 Å². The first kappa shape index (κ1) is 19.5. The minimum absolute atomic E-state index is 0. The molecule has 7 nitrogen and oxygen atoms in total. The van der Waals surface area contributed by atoms with Crippen LogP contribution in [0.25, 0.3) is 11.6 Å². The number of halogens is 1. The molecule has 3 rings (SSSR count). The highest BCUT2D eigenvalue weighted by molar-refractivity contribution is 5.85. The Morgan fingerprint density at radius 2 is 2.20 bits per heavy atom. The number of piperidine rings is 1. The van der Waals surface area contributed by atoms with Crippen LogP contribution in [0.5, 0.6) is 0 Å². The second-order valence-electron chi connectivity index (χ2n) is 6.21. The molecular weight excluding hydrogens is 344 g/mol. The van der Waals surface area contributed by atoms with E-state index in [1.165, 1.54) is 6.42 Å². The van der Waals surface area contributed by atoms with Crippen molar-refractivity contribution in [3.63, 3.8) is 0 Å². The number of likely N-dealkylation sites (tertiary alicyclic amines) is 1. The van der Waals surface area contributed by atoms with Gasteiger partial charge in [-0.05, 0) is 50.9 Å². The monoisotopic (exact) mass is 368 g/mol. The number of rotatable bonds is 7. The van der Waals surface area contributed by atoms with Gasteiger partial charge >= 0.3 is 0 Å². The Hall–Kier alpha value is -1.86. The molecule has 1 saturated heterocycles. The van der Waals surface area contributed by atoms with Gasteiger partial charge in [-0.15, -0.1) is 12.4 Å². The quantitative estimate of drug-likeness (QED) is 0.808. The summed E-state index contributed by atoms with van der Waals surface area (Å²) >= 11 is 0. The van der Waals surface area contributed by atoms with Crippen molar-refractivity contribution in [3.8, 4) is 11.6 Å². The summed E-state index contributed by atoms with van der Waals surface area (Å²) in [5, 5.41) is 7.07. The molecule has 0 spiro atoms. The lowest BCUT2D eigenvalue weighted by Gasteiger charge is -2.32. The van der Waals surface area contributed by atoms with Crippen LogP contribution in [0, 0.1) is 5.92 Å². The van der Waals surface area contributed by atoms with Crippen LogP contribution in [0.2, 0.25) is 0 Å². The predicted octanol–water partition coefficient (Wildman–Crippen LogP) is 2.53. The van der Waals surface area contributed by atoms with Crippen molar-refractivity contribution >= 4 is 18.3 Å². The van der Waals surface area contributed by atoms with Gasteiger partial charge in [0.1, 0.15) is 0 Å². The minimum Gasteiger partial charge on any atom is -0.461 e. The van der Waals surface area contributed by atoms with Crippen molar-refractivity contribution in [3.05, 3.63) is 24.3 Å². The Kier molecular flexibility index (Phi) is 7.46. The number of carbonyl (C=O) groups is 1. The second kappa shape index (κ2) is 9.58. The molecule has 1 amide bonds. The van der Waals surface area contributed by atoms with Crippen molar-refractivity contribution in [1.29, 1.82) is 0 Å². The third-order valence-electron chi connectivity index (χ3n) is 4.53. The smallest absolute Gasteiger partial charge is 0.238 e. The van der Waals surface area contributed by atoms with Crippen molar-refractivity contribution < 1.29 is 13.7 Å². The van der Waals surface area contributed by atoms with Gasteiger partial charge in [0.05, 0.1) is 6.26 Å². The number of carbonyl (C=O) groups excluding carboxylic acids is 1. The average Bonchev–Trinajstić information content (AvgIpc) is 3.29. The lowest BCUT2D eigenvalue weighted by molar-refractivity contribution is -0.132. The van der Waals surface area contributed by atoms with Gasteiger partial charge in [0.25, 0.3) is 0 Å². The molecule has 8 heteroatoms. The number of nitrogens with zero attached hydrogens (tertiary/aromatic N) is 3. The largest absolute Gasteiger partial charge is 0.461 e. The van der Waals surface area contributed by atoms with Crippen LogP contribution in [0.1, 0.15) is 31.6 Å². The maximum atomic E-state index is 12.3. The highest BCUT2D eigenvalue weighted by Crippen LogP contribution is 2.21. The lowest BCUT2D eigenvalue weighted by atomic mass is 9.93. The molecular formula is C17H25ClN4O3. The molecule has 3 heterocycles. The van der Waals surface area contributed by atoms with Crippen molar-refractivity contribution in [2.24, 2.45) is 5.92 Å². The number of nitrogens with one attached hydrogen (secondary N) is 1. The summed E-state index contributed by atoms with van der Waals surface area (Å²) in [6, 6.07) is 3.55. The van der Waals surface area contributed by atoms with Gasteiger partial charge in [-0.25, -0.2) is 0 Å². The van der Waals surface area contributed by atoms with Crippen molar-refractivity contribution in [2.45, 2.75) is 32.1 Å². The SMILES string of the molecule is CNCCC1CCN(C(=O)CCc2nc(-c3ccco3)no2)CC1.Cl. The van der Waals surface area contributed by atoms with Gasteiger partial charge < -0.3 is 19.2 Å². The van der Waals surface area contributed by atoms with Gasteiger partial charge in [-0.2, -0.15) is 4.98 Å². The molecule has 2 aromatic heterocycles. The normalized spacial score (nSPS) is 15.2. The molecule has 1 N–H and O–H groups in total. The number of aryl methyl sites for hydroxylation is 1. The standard InChI is InChI=1S/C17H24N4O3.ClH/c1-18-9-6-13-7-10-21(11-8-13)16(22)5-4-15-19-17(20-24-15)14-3-2-12-23-14;/h2-3,12-13,18H,4-11H2,1H3;1H. The molecule has 1 fully saturated rings. The summed E-state index contributed by atoms with van der Waals surface area (Å²) in [7, 11) is 1.98. The predicted molar refractivity (Wildman–Crippen MR) is 95.4 cm³/mol. The van der Waals surface area contributed by atoms with Crippen LogP contribution in [0.3, 0.4) is 0 Å². The highest BCUT2D eigenvalue weighted by Gasteiger charge is 2.22. The maximum Gasteiger partial charge on any atom is 0.238 e. The molecule has 25 heavy (non-hydrogen) atoms. The zero-order chi connectivity index (χ0) is 16.8. The summed E-state index contributed by atoms with van der Waals surface area (Å²) in [5.74, 6) is 2.36. The maximum absolute atomic E-state index is 12.3. The number of hydrogen-bond acceptors (Lipinski definition) is 6. The Morgan fingerprint density at radius 3 is 2.88 bits per heavy atom. The van der Waals surface area contributed by atoms with E-state index >= 15 is 0 Å². The van der Waals surface area contributed by atoms with Gasteiger partial charge in [-0.1, -0.05) is 5.16 Å². The fourth-order valence-electron chi connectivity index (χ4n) is 3.05. The molecule has 1 aliphatic heterocycles. The molecule has 0 aromatic carbocycles. The van der Waals surface area contributed by atoms with E-state index in [0.717, 1.165) is 38.4 Å². The van der Waals surface area contributed by atoms with E-state index in [1.807, 2.05) is 11.9 Å². The fourth-order valence-corrected chi connectivity index (χ4v) is 3.05. The van der Waals surface area contributed by atoms with Crippen LogP contribution < -0.4 is 5.32 Å². The zero-order valence-corrected chi connectivity index (χ0v) is 15.3. The topological polar surface area (TPSA) is 84.4 Å². The molecule has 0 aliphatic carbocycles. The van der Waals surface area contributed by atoms with Gasteiger partial charge in [0, 0.05) is 25.9 Å². The molecule has 0 atom stereocenters. The van der Waals surface area contributed by atoms with E-state index in [2.05, 4.69) is 15.5 Å². The molecule has 0 saturated carbocycles. The van der Waals surface area contributed by atoms with Crippen LogP contribution in [-0.4, -0.2) is 47.6 Å². The summed E-state index contributed by atoms with van der Waals surface area (Å²) in [4.78, 5) is 18.6.